The highest BCUT2D eigenvalue weighted by molar-refractivity contribution is 7.92. The number of sulfonamides is 1. The normalized spacial score (nSPS) is 12.2. The van der Waals surface area contributed by atoms with Gasteiger partial charge in [0.25, 0.3) is 0 Å². The van der Waals surface area contributed by atoms with Gasteiger partial charge in [-0.3, -0.25) is 13.9 Å². The lowest BCUT2D eigenvalue weighted by Crippen LogP contribution is -2.51. The van der Waals surface area contributed by atoms with Crippen LogP contribution < -0.4 is 9.62 Å². The van der Waals surface area contributed by atoms with Gasteiger partial charge in [-0.1, -0.05) is 47.5 Å². The van der Waals surface area contributed by atoms with E-state index in [0.717, 1.165) is 16.1 Å². The Balaban J connectivity index is 2.42. The third-order valence-electron chi connectivity index (χ3n) is 4.94. The van der Waals surface area contributed by atoms with E-state index < -0.39 is 28.5 Å². The Hall–Kier alpha value is -2.29. The van der Waals surface area contributed by atoms with E-state index in [2.05, 4.69) is 5.32 Å². The smallest absolute Gasteiger partial charge is 0.244 e. The number of rotatable bonds is 9. The van der Waals surface area contributed by atoms with Gasteiger partial charge in [-0.15, -0.1) is 0 Å². The first-order valence-corrected chi connectivity index (χ1v) is 12.6. The number of amides is 2. The number of likely N-dealkylation sites (N-methyl/N-ethyl adjacent to an activating group) is 1. The number of nitrogens with one attached hydrogen (secondary N) is 1. The lowest BCUT2D eigenvalue weighted by molar-refractivity contribution is -0.139. The summed E-state index contributed by atoms with van der Waals surface area (Å²) in [6, 6.07) is 10.9. The van der Waals surface area contributed by atoms with Crippen LogP contribution in [0.1, 0.15) is 25.0 Å². The number of carbonyl (C=O) groups excluding carboxylic acids is 2. The van der Waals surface area contributed by atoms with E-state index in [1.54, 1.807) is 57.2 Å². The van der Waals surface area contributed by atoms with Crippen LogP contribution in [0.2, 0.25) is 10.0 Å². The van der Waals surface area contributed by atoms with Crippen molar-refractivity contribution in [3.63, 3.8) is 0 Å². The van der Waals surface area contributed by atoms with Gasteiger partial charge in [0.2, 0.25) is 21.8 Å². The SMILES string of the molecule is CCNC(=O)[C@H](C)N(Cc1ccccc1Cl)C(=O)CN(c1ccc(C)c(Cl)c1)S(C)(=O)=O. The Labute approximate surface area is 199 Å². The zero-order chi connectivity index (χ0) is 24.1. The van der Waals surface area contributed by atoms with Crippen molar-refractivity contribution in [2.45, 2.75) is 33.4 Å². The van der Waals surface area contributed by atoms with Crippen LogP contribution >= 0.6 is 23.2 Å². The Morgan fingerprint density at radius 3 is 2.31 bits per heavy atom. The summed E-state index contributed by atoms with van der Waals surface area (Å²) < 4.78 is 26.0. The van der Waals surface area contributed by atoms with Gasteiger partial charge in [0.15, 0.2) is 0 Å². The Morgan fingerprint density at radius 2 is 1.75 bits per heavy atom. The van der Waals surface area contributed by atoms with E-state index in [4.69, 9.17) is 23.2 Å². The molecule has 0 aliphatic carbocycles. The van der Waals surface area contributed by atoms with Crippen LogP contribution in [-0.2, 0) is 26.2 Å². The molecular weight excluding hydrogens is 473 g/mol. The number of aryl methyl sites for hydroxylation is 1. The van der Waals surface area contributed by atoms with Crippen LogP contribution in [-0.4, -0.2) is 50.5 Å². The minimum atomic E-state index is -3.81. The molecule has 1 N–H and O–H groups in total. The quantitative estimate of drug-likeness (QED) is 0.570. The highest BCUT2D eigenvalue weighted by Crippen LogP contribution is 2.26. The molecule has 0 fully saturated rings. The largest absolute Gasteiger partial charge is 0.355 e. The van der Waals surface area contributed by atoms with Gasteiger partial charge in [-0.2, -0.15) is 0 Å². The third kappa shape index (κ3) is 6.60. The molecule has 0 aliphatic rings. The van der Waals surface area contributed by atoms with E-state index in [-0.39, 0.29) is 18.1 Å². The molecule has 0 aromatic heterocycles. The fourth-order valence-electron chi connectivity index (χ4n) is 3.07. The van der Waals surface area contributed by atoms with Gasteiger partial charge in [0.05, 0.1) is 11.9 Å². The predicted octanol–water partition coefficient (Wildman–Crippen LogP) is 3.62. The standard InChI is InChI=1S/C22H27Cl2N3O4S/c1-5-25-22(29)16(3)26(13-17-8-6-7-9-19(17)23)21(28)14-27(32(4,30)31)18-11-10-15(2)20(24)12-18/h6-12,16H,5,13-14H2,1-4H3,(H,25,29)/t16-/m0/s1. The third-order valence-corrected chi connectivity index (χ3v) is 6.86. The predicted molar refractivity (Wildman–Crippen MR) is 129 cm³/mol. The molecule has 2 rings (SSSR count). The summed E-state index contributed by atoms with van der Waals surface area (Å²) in [6.07, 6.45) is 1.01. The van der Waals surface area contributed by atoms with Crippen molar-refractivity contribution in [1.29, 1.82) is 0 Å². The molecule has 0 saturated carbocycles. The molecule has 174 valence electrons. The first-order valence-electron chi connectivity index (χ1n) is 10.00. The molecule has 0 bridgehead atoms. The summed E-state index contributed by atoms with van der Waals surface area (Å²) >= 11 is 12.4. The maximum Gasteiger partial charge on any atom is 0.244 e. The topological polar surface area (TPSA) is 86.8 Å². The number of anilines is 1. The number of benzene rings is 2. The molecule has 7 nitrogen and oxygen atoms in total. The molecule has 32 heavy (non-hydrogen) atoms. The van der Waals surface area contributed by atoms with E-state index in [9.17, 15) is 18.0 Å². The Kier molecular flexibility index (Phi) is 8.95. The van der Waals surface area contributed by atoms with Gasteiger partial charge in [0.1, 0.15) is 12.6 Å². The minimum absolute atomic E-state index is 0.0447. The van der Waals surface area contributed by atoms with Crippen molar-refractivity contribution >= 4 is 50.7 Å². The number of hydrogen-bond acceptors (Lipinski definition) is 4. The molecule has 0 aliphatic heterocycles. The van der Waals surface area contributed by atoms with Crippen molar-refractivity contribution in [2.75, 3.05) is 23.7 Å². The molecule has 0 saturated heterocycles. The molecule has 0 heterocycles. The highest BCUT2D eigenvalue weighted by Gasteiger charge is 2.30. The van der Waals surface area contributed by atoms with Crippen LogP contribution in [0.25, 0.3) is 0 Å². The van der Waals surface area contributed by atoms with Crippen molar-refractivity contribution in [3.8, 4) is 0 Å². The average molecular weight is 500 g/mol. The minimum Gasteiger partial charge on any atom is -0.355 e. The summed E-state index contributed by atoms with van der Waals surface area (Å²) in [5.41, 5.74) is 1.68. The highest BCUT2D eigenvalue weighted by atomic mass is 35.5. The lowest BCUT2D eigenvalue weighted by Gasteiger charge is -2.31. The summed E-state index contributed by atoms with van der Waals surface area (Å²) in [5.74, 6) is -0.900. The molecule has 10 heteroatoms. The fourth-order valence-corrected chi connectivity index (χ4v) is 4.28. The fraction of sp³-hybridized carbons (Fsp3) is 0.364. The van der Waals surface area contributed by atoms with Crippen molar-refractivity contribution in [3.05, 3.63) is 63.6 Å². The number of hydrogen-bond donors (Lipinski definition) is 1. The van der Waals surface area contributed by atoms with E-state index in [1.807, 2.05) is 0 Å². The van der Waals surface area contributed by atoms with Crippen molar-refractivity contribution < 1.29 is 18.0 Å². The van der Waals surface area contributed by atoms with Gasteiger partial charge in [-0.05, 0) is 50.1 Å². The number of nitrogens with zero attached hydrogens (tertiary/aromatic N) is 2. The second-order valence-corrected chi connectivity index (χ2v) is 10.1. The van der Waals surface area contributed by atoms with E-state index in [0.29, 0.717) is 22.2 Å². The Morgan fingerprint density at radius 1 is 1.09 bits per heavy atom. The molecule has 1 atom stereocenters. The molecule has 2 aromatic rings. The monoisotopic (exact) mass is 499 g/mol. The van der Waals surface area contributed by atoms with Crippen LogP contribution in [0.5, 0.6) is 0 Å². The first kappa shape index (κ1) is 26.0. The molecule has 0 radical (unpaired) electrons. The lowest BCUT2D eigenvalue weighted by atomic mass is 10.1. The molecule has 0 unspecified atom stereocenters. The van der Waals surface area contributed by atoms with Crippen LogP contribution in [0.3, 0.4) is 0 Å². The van der Waals surface area contributed by atoms with Crippen LogP contribution in [0.4, 0.5) is 5.69 Å². The first-order chi connectivity index (χ1) is 15.0. The average Bonchev–Trinajstić information content (AvgIpc) is 2.72. The van der Waals surface area contributed by atoms with Gasteiger partial charge in [-0.25, -0.2) is 8.42 Å². The van der Waals surface area contributed by atoms with Gasteiger partial charge in [0, 0.05) is 23.1 Å². The van der Waals surface area contributed by atoms with E-state index >= 15 is 0 Å². The van der Waals surface area contributed by atoms with Gasteiger partial charge < -0.3 is 10.2 Å². The van der Waals surface area contributed by atoms with Crippen molar-refractivity contribution in [2.24, 2.45) is 0 Å². The van der Waals surface area contributed by atoms with Gasteiger partial charge >= 0.3 is 0 Å². The number of carbonyl (C=O) groups is 2. The van der Waals surface area contributed by atoms with Crippen LogP contribution in [0, 0.1) is 6.92 Å². The summed E-state index contributed by atoms with van der Waals surface area (Å²) in [5, 5.41) is 3.52. The zero-order valence-electron chi connectivity index (χ0n) is 18.4. The summed E-state index contributed by atoms with van der Waals surface area (Å²) in [4.78, 5) is 27.2. The molecular formula is C22H27Cl2N3O4S. The maximum absolute atomic E-state index is 13.4. The van der Waals surface area contributed by atoms with Crippen LogP contribution in [0.15, 0.2) is 42.5 Å². The molecule has 0 spiro atoms. The summed E-state index contributed by atoms with van der Waals surface area (Å²) in [6.45, 7) is 5.11. The zero-order valence-corrected chi connectivity index (χ0v) is 20.8. The second kappa shape index (κ2) is 11.0. The number of halogens is 2. The van der Waals surface area contributed by atoms with Crippen molar-refractivity contribution in [1.82, 2.24) is 10.2 Å². The second-order valence-electron chi connectivity index (χ2n) is 7.39. The maximum atomic E-state index is 13.4. The molecule has 2 aromatic carbocycles. The molecule has 2 amide bonds. The summed E-state index contributed by atoms with van der Waals surface area (Å²) in [7, 11) is -3.81. The Bertz CT molecular complexity index is 1090. The van der Waals surface area contributed by atoms with E-state index in [1.165, 1.54) is 11.0 Å².